The van der Waals surface area contributed by atoms with Crippen LogP contribution in [-0.2, 0) is 11.0 Å². The highest BCUT2D eigenvalue weighted by atomic mass is 31.2. The molecule has 8 heteroatoms. The third kappa shape index (κ3) is 4.62. The second kappa shape index (κ2) is 9.07. The lowest BCUT2D eigenvalue weighted by Crippen LogP contribution is -2.38. The Morgan fingerprint density at radius 3 is 2.09 bits per heavy atom. The molecule has 1 N–H and O–H groups in total. The first-order valence-electron chi connectivity index (χ1n) is 11.3. The molecule has 0 spiro atoms. The average Bonchev–Trinajstić information content (AvgIpc) is 3.66. The zero-order chi connectivity index (χ0) is 23.7. The number of hydrogen-bond donors (Lipinski definition) is 1. The largest absolute Gasteiger partial charge is 0.564 e. The second-order valence-electron chi connectivity index (χ2n) is 8.59. The maximum absolute atomic E-state index is 14.0. The van der Waals surface area contributed by atoms with E-state index in [2.05, 4.69) is 9.66 Å². The van der Waals surface area contributed by atoms with Crippen molar-refractivity contribution in [1.82, 2.24) is 4.90 Å². The number of benzene rings is 3. The molecule has 1 saturated carbocycles. The first-order chi connectivity index (χ1) is 16.5. The van der Waals surface area contributed by atoms with Crippen LogP contribution in [0, 0.1) is 5.92 Å². The van der Waals surface area contributed by atoms with E-state index in [1.54, 1.807) is 61.7 Å². The molecule has 1 fully saturated rings. The molecule has 3 aromatic rings. The lowest BCUT2D eigenvalue weighted by atomic mass is 9.89. The van der Waals surface area contributed by atoms with Gasteiger partial charge >= 0.3 is 7.75 Å². The van der Waals surface area contributed by atoms with Gasteiger partial charge in [-0.3, -0.25) is 0 Å². The predicted octanol–water partition coefficient (Wildman–Crippen LogP) is 6.00. The van der Waals surface area contributed by atoms with Gasteiger partial charge in [-0.25, -0.2) is 4.57 Å². The molecule has 2 aliphatic rings. The van der Waals surface area contributed by atoms with Crippen molar-refractivity contribution in [3.63, 3.8) is 0 Å². The van der Waals surface area contributed by atoms with Crippen molar-refractivity contribution in [2.45, 2.75) is 25.3 Å². The summed E-state index contributed by atoms with van der Waals surface area (Å²) < 4.78 is 35.7. The smallest absolute Gasteiger partial charge is 0.504 e. The Balaban J connectivity index is 1.56. The molecular formula is C26H27N2O5P. The van der Waals surface area contributed by atoms with Gasteiger partial charge in [-0.1, -0.05) is 36.4 Å². The van der Waals surface area contributed by atoms with E-state index in [0.29, 0.717) is 35.4 Å². The molecule has 1 aliphatic carbocycles. The highest BCUT2D eigenvalue weighted by Crippen LogP contribution is 2.53. The van der Waals surface area contributed by atoms with Crippen molar-refractivity contribution in [3.8, 4) is 23.0 Å². The molecule has 0 amide bonds. The zero-order valence-electron chi connectivity index (χ0n) is 19.1. The maximum atomic E-state index is 14.0. The number of hydrogen-bond acceptors (Lipinski definition) is 5. The highest BCUT2D eigenvalue weighted by molar-refractivity contribution is 7.53. The van der Waals surface area contributed by atoms with E-state index in [0.717, 1.165) is 24.0 Å². The van der Waals surface area contributed by atoms with Crippen LogP contribution in [0.4, 0.5) is 0 Å². The number of phenols is 1. The molecule has 1 heterocycles. The standard InChI is InChI=1S/C26H27N2O5P/c1-28-25(16-19-15-23(29)24(31-2)17-22(19)26(28)18-13-14-18)27-34(30,32-20-9-5-3-6-10-20)33-21-11-7-4-8-12-21/h3-12,15,17-18,26,29H,13-14,16H2,1-2H3/b27-25-. The van der Waals surface area contributed by atoms with Gasteiger partial charge in [0.1, 0.15) is 17.3 Å². The number of methoxy groups -OCH3 is 1. The Morgan fingerprint density at radius 1 is 0.971 bits per heavy atom. The van der Waals surface area contributed by atoms with Gasteiger partial charge in [-0.15, -0.1) is 4.76 Å². The number of para-hydroxylation sites is 2. The number of amidine groups is 1. The Kier molecular flexibility index (Phi) is 5.96. The first-order valence-corrected chi connectivity index (χ1v) is 12.8. The lowest BCUT2D eigenvalue weighted by Gasteiger charge is -2.38. The SMILES string of the molecule is COc1cc2c(cc1O)C/C(=N/P(=O)(Oc1ccccc1)Oc1ccccc1)N(C)C2C1CC1. The molecule has 176 valence electrons. The van der Waals surface area contributed by atoms with E-state index < -0.39 is 7.75 Å². The van der Waals surface area contributed by atoms with Crippen LogP contribution in [0.25, 0.3) is 0 Å². The van der Waals surface area contributed by atoms with Crippen LogP contribution >= 0.6 is 7.75 Å². The van der Waals surface area contributed by atoms with Gasteiger partial charge in [-0.05, 0) is 66.3 Å². The summed E-state index contributed by atoms with van der Waals surface area (Å²) in [6, 6.07) is 21.5. The minimum atomic E-state index is -3.99. The molecule has 1 aliphatic heterocycles. The maximum Gasteiger partial charge on any atom is 0.564 e. The molecule has 5 rings (SSSR count). The van der Waals surface area contributed by atoms with Gasteiger partial charge in [0.05, 0.1) is 13.2 Å². The van der Waals surface area contributed by atoms with Gasteiger partial charge in [0.25, 0.3) is 0 Å². The number of phenolic OH excluding ortho intramolecular Hbond substituents is 1. The minimum Gasteiger partial charge on any atom is -0.504 e. The molecule has 0 bridgehead atoms. The van der Waals surface area contributed by atoms with Crippen molar-refractivity contribution in [2.75, 3.05) is 14.2 Å². The van der Waals surface area contributed by atoms with E-state index in [4.69, 9.17) is 13.8 Å². The summed E-state index contributed by atoms with van der Waals surface area (Å²) in [5.41, 5.74) is 2.03. The molecule has 0 aromatic heterocycles. The molecule has 7 nitrogen and oxygen atoms in total. The van der Waals surface area contributed by atoms with E-state index >= 15 is 0 Å². The molecule has 34 heavy (non-hydrogen) atoms. The van der Waals surface area contributed by atoms with Crippen molar-refractivity contribution in [2.24, 2.45) is 10.7 Å². The van der Waals surface area contributed by atoms with E-state index in [1.807, 2.05) is 25.2 Å². The number of nitrogens with zero attached hydrogens (tertiary/aromatic N) is 2. The number of aromatic hydroxyl groups is 1. The molecule has 0 radical (unpaired) electrons. The Labute approximate surface area is 199 Å². The van der Waals surface area contributed by atoms with Crippen LogP contribution in [0.1, 0.15) is 30.0 Å². The quantitative estimate of drug-likeness (QED) is 0.419. The normalized spacial score (nSPS) is 18.9. The fourth-order valence-electron chi connectivity index (χ4n) is 4.40. The van der Waals surface area contributed by atoms with Crippen molar-refractivity contribution < 1.29 is 23.5 Å². The number of ether oxygens (including phenoxy) is 1. The Bertz CT molecular complexity index is 1200. The van der Waals surface area contributed by atoms with E-state index in [1.165, 1.54) is 0 Å². The summed E-state index contributed by atoms with van der Waals surface area (Å²) in [6.07, 6.45) is 2.58. The van der Waals surface area contributed by atoms with Gasteiger partial charge in [0.2, 0.25) is 0 Å². The minimum absolute atomic E-state index is 0.0406. The van der Waals surface area contributed by atoms with Crippen LogP contribution in [0.5, 0.6) is 23.0 Å². The summed E-state index contributed by atoms with van der Waals surface area (Å²) in [5.74, 6) is 2.38. The van der Waals surface area contributed by atoms with Crippen LogP contribution in [-0.4, -0.2) is 30.0 Å². The number of rotatable bonds is 7. The van der Waals surface area contributed by atoms with Gasteiger partial charge in [0, 0.05) is 13.5 Å². The zero-order valence-corrected chi connectivity index (χ0v) is 20.0. The number of likely N-dealkylation sites (N-methyl/N-ethyl adjacent to an activating group) is 1. The summed E-state index contributed by atoms with van der Waals surface area (Å²) in [6.45, 7) is 0. The summed E-state index contributed by atoms with van der Waals surface area (Å²) in [5, 5.41) is 10.4. The summed E-state index contributed by atoms with van der Waals surface area (Å²) in [4.78, 5) is 2.06. The van der Waals surface area contributed by atoms with E-state index in [9.17, 15) is 9.67 Å². The third-order valence-corrected chi connectivity index (χ3v) is 7.53. The van der Waals surface area contributed by atoms with E-state index in [-0.39, 0.29) is 11.8 Å². The van der Waals surface area contributed by atoms with Crippen molar-refractivity contribution in [1.29, 1.82) is 0 Å². The van der Waals surface area contributed by atoms with Crippen molar-refractivity contribution in [3.05, 3.63) is 83.9 Å². The molecule has 1 unspecified atom stereocenters. The summed E-state index contributed by atoms with van der Waals surface area (Å²) >= 11 is 0. The van der Waals surface area contributed by atoms with Crippen LogP contribution < -0.4 is 13.8 Å². The van der Waals surface area contributed by atoms with Gasteiger partial charge < -0.3 is 23.8 Å². The average molecular weight is 478 g/mol. The fraction of sp³-hybridized carbons (Fsp3) is 0.269. The van der Waals surface area contributed by atoms with Gasteiger partial charge in [0.15, 0.2) is 11.5 Å². The third-order valence-electron chi connectivity index (χ3n) is 6.17. The monoisotopic (exact) mass is 478 g/mol. The Hall–Kier alpha value is -3.44. The van der Waals surface area contributed by atoms with Gasteiger partial charge in [-0.2, -0.15) is 0 Å². The second-order valence-corrected chi connectivity index (χ2v) is 10.1. The molecular weight excluding hydrogens is 451 g/mol. The number of fused-ring (bicyclic) bond motifs is 1. The predicted molar refractivity (Wildman–Crippen MR) is 131 cm³/mol. The Morgan fingerprint density at radius 2 is 1.56 bits per heavy atom. The van der Waals surface area contributed by atoms with Crippen LogP contribution in [0.15, 0.2) is 77.6 Å². The topological polar surface area (TPSA) is 80.6 Å². The van der Waals surface area contributed by atoms with Crippen LogP contribution in [0.3, 0.4) is 0 Å². The lowest BCUT2D eigenvalue weighted by molar-refractivity contribution is 0.315. The van der Waals surface area contributed by atoms with Crippen LogP contribution in [0.2, 0.25) is 0 Å². The fourth-order valence-corrected chi connectivity index (χ4v) is 5.79. The summed E-state index contributed by atoms with van der Waals surface area (Å²) in [7, 11) is -0.481. The highest BCUT2D eigenvalue weighted by Gasteiger charge is 2.42. The first kappa shape index (κ1) is 22.4. The molecule has 3 aromatic carbocycles. The molecule has 0 saturated heterocycles. The van der Waals surface area contributed by atoms with Crippen molar-refractivity contribution >= 4 is 13.6 Å². The molecule has 1 atom stereocenters.